The number of halogens is 4. The van der Waals surface area contributed by atoms with Gasteiger partial charge < -0.3 is 16.4 Å². The van der Waals surface area contributed by atoms with Crippen molar-refractivity contribution >= 4 is 24.2 Å². The Labute approximate surface area is 150 Å². The first-order valence-corrected chi connectivity index (χ1v) is 7.38. The van der Waals surface area contributed by atoms with Crippen molar-refractivity contribution < 1.29 is 22.8 Å². The van der Waals surface area contributed by atoms with E-state index in [1.807, 2.05) is 0 Å². The molecule has 1 aromatic carbocycles. The van der Waals surface area contributed by atoms with Gasteiger partial charge in [0.15, 0.2) is 0 Å². The van der Waals surface area contributed by atoms with Crippen LogP contribution in [0.25, 0.3) is 0 Å². The summed E-state index contributed by atoms with van der Waals surface area (Å²) in [5.74, 6) is -0.995. The second kappa shape index (κ2) is 9.05. The summed E-state index contributed by atoms with van der Waals surface area (Å²) in [7, 11) is 0. The van der Waals surface area contributed by atoms with Gasteiger partial charge in [0, 0.05) is 0 Å². The third-order valence-electron chi connectivity index (χ3n) is 3.35. The molecular formula is C16H23ClF3N3O2. The average Bonchev–Trinajstić information content (AvgIpc) is 2.48. The standard InChI is InChI=1S/C16H22F3N3O2.ClH/c1-15(2,3)14(22-13(24)9-21-12(23)8-20)10-5-4-6-11(7-10)16(17,18)19;/h4-7,14H,8-9,20H2,1-3H3,(H,21,23)(H,22,24);1H. The summed E-state index contributed by atoms with van der Waals surface area (Å²) in [6, 6.07) is 4.19. The molecule has 1 rings (SSSR count). The summed E-state index contributed by atoms with van der Waals surface area (Å²) in [6.45, 7) is 4.87. The highest BCUT2D eigenvalue weighted by molar-refractivity contribution is 5.86. The van der Waals surface area contributed by atoms with Crippen molar-refractivity contribution in [3.8, 4) is 0 Å². The SMILES string of the molecule is CC(C)(C)C(NC(=O)CNC(=O)CN)c1cccc(C(F)(F)F)c1.Cl. The zero-order valence-corrected chi connectivity index (χ0v) is 15.1. The molecule has 1 unspecified atom stereocenters. The molecule has 0 aliphatic heterocycles. The molecule has 0 radical (unpaired) electrons. The van der Waals surface area contributed by atoms with Crippen LogP contribution < -0.4 is 16.4 Å². The maximum atomic E-state index is 12.9. The highest BCUT2D eigenvalue weighted by Gasteiger charge is 2.33. The van der Waals surface area contributed by atoms with Crippen LogP contribution in [-0.4, -0.2) is 24.9 Å². The zero-order chi connectivity index (χ0) is 18.5. The molecule has 1 atom stereocenters. The summed E-state index contributed by atoms with van der Waals surface area (Å²) in [5, 5.41) is 4.99. The van der Waals surface area contributed by atoms with E-state index in [9.17, 15) is 22.8 Å². The molecule has 0 aromatic heterocycles. The van der Waals surface area contributed by atoms with Crippen LogP contribution in [0.15, 0.2) is 24.3 Å². The molecule has 0 saturated carbocycles. The van der Waals surface area contributed by atoms with Crippen LogP contribution in [0.5, 0.6) is 0 Å². The topological polar surface area (TPSA) is 84.2 Å². The Kier molecular flexibility index (Phi) is 8.40. The van der Waals surface area contributed by atoms with Gasteiger partial charge in [0.1, 0.15) is 0 Å². The third-order valence-corrected chi connectivity index (χ3v) is 3.35. The molecule has 0 bridgehead atoms. The minimum atomic E-state index is -4.46. The maximum absolute atomic E-state index is 12.9. The fourth-order valence-corrected chi connectivity index (χ4v) is 2.16. The van der Waals surface area contributed by atoms with Crippen molar-refractivity contribution in [2.24, 2.45) is 11.1 Å². The van der Waals surface area contributed by atoms with Gasteiger partial charge in [0.05, 0.1) is 24.7 Å². The summed E-state index contributed by atoms with van der Waals surface area (Å²) >= 11 is 0. The number of alkyl halides is 3. The van der Waals surface area contributed by atoms with Gasteiger partial charge >= 0.3 is 6.18 Å². The Morgan fingerprint density at radius 1 is 1.16 bits per heavy atom. The van der Waals surface area contributed by atoms with E-state index in [-0.39, 0.29) is 25.5 Å². The number of nitrogens with one attached hydrogen (secondary N) is 2. The Bertz CT molecular complexity index is 601. The second-order valence-electron chi connectivity index (χ2n) is 6.47. The molecule has 0 heterocycles. The predicted molar refractivity (Wildman–Crippen MR) is 91.1 cm³/mol. The van der Waals surface area contributed by atoms with Gasteiger partial charge in [0.2, 0.25) is 11.8 Å². The van der Waals surface area contributed by atoms with Crippen molar-refractivity contribution in [1.29, 1.82) is 0 Å². The molecule has 2 amide bonds. The van der Waals surface area contributed by atoms with E-state index in [2.05, 4.69) is 10.6 Å². The van der Waals surface area contributed by atoms with Gasteiger partial charge in [-0.15, -0.1) is 12.4 Å². The minimum Gasteiger partial charge on any atom is -0.347 e. The van der Waals surface area contributed by atoms with Crippen LogP contribution >= 0.6 is 12.4 Å². The molecule has 0 aliphatic carbocycles. The lowest BCUT2D eigenvalue weighted by Crippen LogP contribution is -2.43. The van der Waals surface area contributed by atoms with Crippen LogP contribution in [0.2, 0.25) is 0 Å². The largest absolute Gasteiger partial charge is 0.416 e. The molecule has 1 aromatic rings. The fraction of sp³-hybridized carbons (Fsp3) is 0.500. The van der Waals surface area contributed by atoms with E-state index in [4.69, 9.17) is 5.73 Å². The quantitative estimate of drug-likeness (QED) is 0.732. The number of hydrogen-bond acceptors (Lipinski definition) is 3. The molecule has 4 N–H and O–H groups in total. The first-order chi connectivity index (χ1) is 10.9. The second-order valence-corrected chi connectivity index (χ2v) is 6.47. The van der Waals surface area contributed by atoms with Crippen molar-refractivity contribution in [1.82, 2.24) is 10.6 Å². The summed E-state index contributed by atoms with van der Waals surface area (Å²) in [5.41, 5.74) is 4.16. The van der Waals surface area contributed by atoms with Crippen LogP contribution in [-0.2, 0) is 15.8 Å². The average molecular weight is 382 g/mol. The summed E-state index contributed by atoms with van der Waals surface area (Å²) in [4.78, 5) is 23.1. The van der Waals surface area contributed by atoms with Crippen molar-refractivity contribution in [3.05, 3.63) is 35.4 Å². The molecule has 9 heteroatoms. The lowest BCUT2D eigenvalue weighted by molar-refractivity contribution is -0.137. The van der Waals surface area contributed by atoms with E-state index in [0.29, 0.717) is 5.56 Å². The van der Waals surface area contributed by atoms with E-state index in [1.165, 1.54) is 12.1 Å². The highest BCUT2D eigenvalue weighted by Crippen LogP contribution is 2.36. The molecule has 25 heavy (non-hydrogen) atoms. The van der Waals surface area contributed by atoms with Gasteiger partial charge in [0.25, 0.3) is 0 Å². The van der Waals surface area contributed by atoms with Gasteiger partial charge in [-0.2, -0.15) is 13.2 Å². The molecule has 0 saturated heterocycles. The number of hydrogen-bond donors (Lipinski definition) is 3. The number of carbonyl (C=O) groups is 2. The Morgan fingerprint density at radius 2 is 1.76 bits per heavy atom. The fourth-order valence-electron chi connectivity index (χ4n) is 2.16. The molecule has 5 nitrogen and oxygen atoms in total. The monoisotopic (exact) mass is 381 g/mol. The minimum absolute atomic E-state index is 0. The number of amides is 2. The first-order valence-electron chi connectivity index (χ1n) is 7.38. The zero-order valence-electron chi connectivity index (χ0n) is 14.2. The lowest BCUT2D eigenvalue weighted by atomic mass is 9.82. The van der Waals surface area contributed by atoms with Gasteiger partial charge in [-0.05, 0) is 23.1 Å². The predicted octanol–water partition coefficient (Wildman–Crippen LogP) is 2.41. The van der Waals surface area contributed by atoms with Gasteiger partial charge in [-0.25, -0.2) is 0 Å². The first kappa shape index (κ1) is 23.2. The van der Waals surface area contributed by atoms with Crippen molar-refractivity contribution in [3.63, 3.8) is 0 Å². The Hall–Kier alpha value is -1.80. The van der Waals surface area contributed by atoms with Gasteiger partial charge in [-0.3, -0.25) is 9.59 Å². The van der Waals surface area contributed by atoms with E-state index < -0.39 is 35.0 Å². The van der Waals surface area contributed by atoms with Crippen molar-refractivity contribution in [2.75, 3.05) is 13.1 Å². The molecule has 0 spiro atoms. The Morgan fingerprint density at radius 3 is 2.24 bits per heavy atom. The highest BCUT2D eigenvalue weighted by atomic mass is 35.5. The molecule has 0 aliphatic rings. The third kappa shape index (κ3) is 7.31. The van der Waals surface area contributed by atoms with E-state index in [1.54, 1.807) is 20.8 Å². The number of rotatable bonds is 5. The van der Waals surface area contributed by atoms with Crippen LogP contribution in [0.4, 0.5) is 13.2 Å². The van der Waals surface area contributed by atoms with Crippen LogP contribution in [0.1, 0.15) is 37.9 Å². The molecule has 142 valence electrons. The number of nitrogens with two attached hydrogens (primary N) is 1. The lowest BCUT2D eigenvalue weighted by Gasteiger charge is -2.32. The number of benzene rings is 1. The van der Waals surface area contributed by atoms with Crippen LogP contribution in [0, 0.1) is 5.41 Å². The number of carbonyl (C=O) groups excluding carboxylic acids is 2. The van der Waals surface area contributed by atoms with E-state index >= 15 is 0 Å². The summed E-state index contributed by atoms with van der Waals surface area (Å²) in [6.07, 6.45) is -4.46. The Balaban J connectivity index is 0.00000576. The molecule has 0 fully saturated rings. The maximum Gasteiger partial charge on any atom is 0.416 e. The smallest absolute Gasteiger partial charge is 0.347 e. The van der Waals surface area contributed by atoms with Gasteiger partial charge in [-0.1, -0.05) is 32.9 Å². The normalized spacial score (nSPS) is 12.8. The molecular weight excluding hydrogens is 359 g/mol. The summed E-state index contributed by atoms with van der Waals surface area (Å²) < 4.78 is 38.7. The van der Waals surface area contributed by atoms with E-state index in [0.717, 1.165) is 12.1 Å². The van der Waals surface area contributed by atoms with Crippen molar-refractivity contribution in [2.45, 2.75) is 33.0 Å². The van der Waals surface area contributed by atoms with Crippen LogP contribution in [0.3, 0.4) is 0 Å².